The molecule has 0 spiro atoms. The number of rotatable bonds is 2. The molecule has 4 aliphatic rings. The summed E-state index contributed by atoms with van der Waals surface area (Å²) >= 11 is 0. The van der Waals surface area contributed by atoms with Gasteiger partial charge in [-0.3, -0.25) is 9.59 Å². The Morgan fingerprint density at radius 2 is 1.76 bits per heavy atom. The van der Waals surface area contributed by atoms with E-state index >= 15 is 0 Å². The van der Waals surface area contributed by atoms with Crippen molar-refractivity contribution in [1.29, 1.82) is 0 Å². The lowest BCUT2D eigenvalue weighted by Gasteiger charge is -2.60. The van der Waals surface area contributed by atoms with E-state index in [2.05, 4.69) is 10.6 Å². The number of nitrogens with one attached hydrogen (secondary N) is 2. The zero-order valence-corrected chi connectivity index (χ0v) is 20.9. The molecule has 0 unspecified atom stereocenters. The molecule has 1 heterocycles. The molecule has 0 radical (unpaired) electrons. The summed E-state index contributed by atoms with van der Waals surface area (Å²) < 4.78 is 80.5. The van der Waals surface area contributed by atoms with Gasteiger partial charge in [-0.15, -0.1) is 0 Å². The molecule has 1 aliphatic heterocycles. The highest BCUT2D eigenvalue weighted by Crippen LogP contribution is 2.65. The summed E-state index contributed by atoms with van der Waals surface area (Å²) in [5, 5.41) is 16.6. The molecular formula is C27H30F6N2O3. The van der Waals surface area contributed by atoms with Gasteiger partial charge in [-0.05, 0) is 79.5 Å². The number of benzene rings is 1. The van der Waals surface area contributed by atoms with Crippen molar-refractivity contribution in [3.8, 4) is 0 Å². The summed E-state index contributed by atoms with van der Waals surface area (Å²) in [6, 6.07) is 0.888. The van der Waals surface area contributed by atoms with Gasteiger partial charge in [0.2, 0.25) is 11.8 Å². The molecule has 1 aromatic rings. The molecule has 3 fully saturated rings. The fourth-order valence-corrected chi connectivity index (χ4v) is 8.18. The monoisotopic (exact) mass is 544 g/mol. The maximum absolute atomic E-state index is 13.6. The Morgan fingerprint density at radius 1 is 1.05 bits per heavy atom. The van der Waals surface area contributed by atoms with Crippen molar-refractivity contribution in [1.82, 2.24) is 5.32 Å². The van der Waals surface area contributed by atoms with Crippen LogP contribution in [0, 0.1) is 34.5 Å². The van der Waals surface area contributed by atoms with Crippen molar-refractivity contribution < 1.29 is 41.0 Å². The minimum Gasteiger partial charge on any atom is -0.393 e. The molecule has 0 aromatic heterocycles. The molecule has 3 saturated carbocycles. The number of fused-ring (bicyclic) bond motifs is 5. The van der Waals surface area contributed by atoms with E-state index in [1.54, 1.807) is 0 Å². The average molecular weight is 545 g/mol. The first-order chi connectivity index (χ1) is 17.6. The average Bonchev–Trinajstić information content (AvgIpc) is 3.14. The summed E-state index contributed by atoms with van der Waals surface area (Å²) in [5.41, 5.74) is -4.77. The topological polar surface area (TPSA) is 78.4 Å². The Bertz CT molecular complexity index is 1180. The van der Waals surface area contributed by atoms with E-state index in [9.17, 15) is 41.0 Å². The molecule has 38 heavy (non-hydrogen) atoms. The highest BCUT2D eigenvalue weighted by molar-refractivity contribution is 5.94. The van der Waals surface area contributed by atoms with Gasteiger partial charge < -0.3 is 15.7 Å². The maximum atomic E-state index is 13.6. The van der Waals surface area contributed by atoms with Gasteiger partial charge in [0, 0.05) is 17.4 Å². The third-order valence-corrected chi connectivity index (χ3v) is 9.85. The van der Waals surface area contributed by atoms with Crippen LogP contribution in [0.2, 0.25) is 0 Å². The third kappa shape index (κ3) is 4.21. The van der Waals surface area contributed by atoms with Gasteiger partial charge >= 0.3 is 12.4 Å². The van der Waals surface area contributed by atoms with E-state index < -0.39 is 57.9 Å². The number of anilines is 1. The number of amides is 2. The molecule has 0 bridgehead atoms. The molecule has 5 rings (SSSR count). The van der Waals surface area contributed by atoms with Crippen LogP contribution in [0.4, 0.5) is 32.0 Å². The van der Waals surface area contributed by atoms with Crippen molar-refractivity contribution in [3.63, 3.8) is 0 Å². The van der Waals surface area contributed by atoms with Gasteiger partial charge in [-0.2, -0.15) is 26.3 Å². The van der Waals surface area contributed by atoms with Crippen molar-refractivity contribution in [2.45, 2.75) is 70.4 Å². The van der Waals surface area contributed by atoms with Crippen LogP contribution in [-0.2, 0) is 21.9 Å². The van der Waals surface area contributed by atoms with Gasteiger partial charge in [0.25, 0.3) is 0 Å². The Balaban J connectivity index is 1.43. The Hall–Kier alpha value is -2.56. The van der Waals surface area contributed by atoms with E-state index in [1.165, 1.54) is 6.08 Å². The number of aliphatic hydroxyl groups excluding tert-OH is 1. The minimum atomic E-state index is -4.96. The van der Waals surface area contributed by atoms with Gasteiger partial charge in [0.05, 0.1) is 22.9 Å². The second-order valence-corrected chi connectivity index (χ2v) is 11.8. The number of halogens is 6. The number of alkyl halides is 6. The number of carbonyl (C=O) groups excluding carboxylic acids is 2. The van der Waals surface area contributed by atoms with Crippen LogP contribution in [0.3, 0.4) is 0 Å². The first-order valence-electron chi connectivity index (χ1n) is 12.8. The molecular weight excluding hydrogens is 514 g/mol. The quantitative estimate of drug-likeness (QED) is 0.428. The fraction of sp³-hybridized carbons (Fsp3) is 0.630. The molecule has 1 aromatic carbocycles. The lowest BCUT2D eigenvalue weighted by Crippen LogP contribution is -2.63. The largest absolute Gasteiger partial charge is 0.418 e. The lowest BCUT2D eigenvalue weighted by molar-refractivity contribution is -0.149. The summed E-state index contributed by atoms with van der Waals surface area (Å²) in [5.74, 6) is -1.85. The van der Waals surface area contributed by atoms with Crippen molar-refractivity contribution in [2.75, 3.05) is 5.32 Å². The fourth-order valence-electron chi connectivity index (χ4n) is 8.18. The number of hydrogen-bond acceptors (Lipinski definition) is 3. The Kier molecular flexibility index (Phi) is 6.20. The summed E-state index contributed by atoms with van der Waals surface area (Å²) in [6.45, 7) is 3.87. The van der Waals surface area contributed by atoms with Crippen molar-refractivity contribution in [3.05, 3.63) is 41.5 Å². The number of aliphatic hydroxyl groups is 1. The first-order valence-corrected chi connectivity index (χ1v) is 12.8. The normalized spacial score (nSPS) is 38.6. The smallest absolute Gasteiger partial charge is 0.393 e. The highest BCUT2D eigenvalue weighted by atomic mass is 19.4. The van der Waals surface area contributed by atoms with E-state index in [4.69, 9.17) is 0 Å². The van der Waals surface area contributed by atoms with Gasteiger partial charge in [0.15, 0.2) is 0 Å². The van der Waals surface area contributed by atoms with E-state index in [-0.39, 0.29) is 36.1 Å². The second-order valence-electron chi connectivity index (χ2n) is 11.8. The zero-order chi connectivity index (χ0) is 27.8. The maximum Gasteiger partial charge on any atom is 0.418 e. The van der Waals surface area contributed by atoms with E-state index in [0.717, 1.165) is 6.42 Å². The standard InChI is InChI=1S/C27H30F6N2O3/c1-24-10-9-21(37)35-20(24)8-4-14-15-6-7-17(25(15,2)12-19(36)22(14)24)23(38)34-18-11-13(26(28,29)30)3-5-16(18)27(31,32)33/h3,5,9-11,14-15,17,19-20,22,36H,4,6-8,12H2,1-2H3,(H,34,38)(H,35,37)/t14-,15-,17+,19-,20+,22+,24-,25-/m0/s1. The Morgan fingerprint density at radius 3 is 2.42 bits per heavy atom. The lowest BCUT2D eigenvalue weighted by atomic mass is 9.47. The van der Waals surface area contributed by atoms with Crippen LogP contribution in [0.25, 0.3) is 0 Å². The second kappa shape index (κ2) is 8.72. The minimum absolute atomic E-state index is 0.000881. The van der Waals surface area contributed by atoms with E-state index in [0.29, 0.717) is 37.5 Å². The van der Waals surface area contributed by atoms with Crippen LogP contribution < -0.4 is 10.6 Å². The molecule has 3 N–H and O–H groups in total. The van der Waals surface area contributed by atoms with Crippen LogP contribution in [-0.4, -0.2) is 29.1 Å². The molecule has 208 valence electrons. The molecule has 11 heteroatoms. The molecule has 3 aliphatic carbocycles. The summed E-state index contributed by atoms with van der Waals surface area (Å²) in [6.07, 6.45) is -4.68. The van der Waals surface area contributed by atoms with Crippen LogP contribution in [0.1, 0.15) is 57.1 Å². The predicted octanol–water partition coefficient (Wildman–Crippen LogP) is 5.55. The summed E-state index contributed by atoms with van der Waals surface area (Å²) in [4.78, 5) is 25.3. The third-order valence-electron chi connectivity index (χ3n) is 9.85. The Labute approximate surface area is 216 Å². The number of hydrogen-bond donors (Lipinski definition) is 3. The van der Waals surface area contributed by atoms with Crippen LogP contribution in [0.15, 0.2) is 30.4 Å². The summed E-state index contributed by atoms with van der Waals surface area (Å²) in [7, 11) is 0. The molecule has 5 nitrogen and oxygen atoms in total. The number of carbonyl (C=O) groups is 2. The zero-order valence-electron chi connectivity index (χ0n) is 20.9. The van der Waals surface area contributed by atoms with Crippen LogP contribution >= 0.6 is 0 Å². The van der Waals surface area contributed by atoms with E-state index in [1.807, 2.05) is 19.9 Å². The molecule has 8 atom stereocenters. The molecule has 0 saturated heterocycles. The SMILES string of the molecule is C[C@]12C=CC(=O)N[C@@H]1CC[C@@H]1[C@@H]2[C@@H](O)C[C@]2(C)[C@@H](C(=O)Nc3cc(C(F)(F)F)ccc3C(F)(F)F)CC[C@@H]12. The van der Waals surface area contributed by atoms with Gasteiger partial charge in [-0.1, -0.05) is 19.9 Å². The molecule has 2 amide bonds. The van der Waals surface area contributed by atoms with Crippen molar-refractivity contribution >= 4 is 17.5 Å². The van der Waals surface area contributed by atoms with Crippen molar-refractivity contribution in [2.24, 2.45) is 34.5 Å². The van der Waals surface area contributed by atoms with Crippen LogP contribution in [0.5, 0.6) is 0 Å². The van der Waals surface area contributed by atoms with Gasteiger partial charge in [-0.25, -0.2) is 0 Å². The highest BCUT2D eigenvalue weighted by Gasteiger charge is 2.63. The van der Waals surface area contributed by atoms with Gasteiger partial charge in [0.1, 0.15) is 0 Å². The predicted molar refractivity (Wildman–Crippen MR) is 125 cm³/mol. The first kappa shape index (κ1) is 27.0.